The summed E-state index contributed by atoms with van der Waals surface area (Å²) in [6, 6.07) is 16.5. The van der Waals surface area contributed by atoms with E-state index in [1.54, 1.807) is 36.4 Å². The van der Waals surface area contributed by atoms with Gasteiger partial charge in [-0.15, -0.1) is 0 Å². The first-order chi connectivity index (χ1) is 17.2. The van der Waals surface area contributed by atoms with Gasteiger partial charge in [0, 0.05) is 21.8 Å². The molecule has 0 fully saturated rings. The molecule has 1 N–H and O–H groups in total. The van der Waals surface area contributed by atoms with Crippen molar-refractivity contribution in [2.45, 2.75) is 12.8 Å². The Bertz CT molecular complexity index is 1370. The number of anilines is 1. The monoisotopic (exact) mass is 558 g/mol. The van der Waals surface area contributed by atoms with Crippen molar-refractivity contribution in [1.82, 2.24) is 0 Å². The second kappa shape index (κ2) is 10.7. The maximum atomic E-state index is 13.0. The van der Waals surface area contributed by atoms with E-state index in [4.69, 9.17) is 14.2 Å². The van der Waals surface area contributed by atoms with Gasteiger partial charge in [-0.1, -0.05) is 28.1 Å². The highest BCUT2D eigenvalue weighted by molar-refractivity contribution is 9.10. The van der Waals surface area contributed by atoms with Gasteiger partial charge in [0.25, 0.3) is 5.91 Å². The molecule has 0 radical (unpaired) electrons. The molecule has 0 aromatic heterocycles. The van der Waals surface area contributed by atoms with E-state index in [1.807, 2.05) is 6.07 Å². The first-order valence-electron chi connectivity index (χ1n) is 10.6. The van der Waals surface area contributed by atoms with E-state index >= 15 is 0 Å². The van der Waals surface area contributed by atoms with Gasteiger partial charge in [-0.05, 0) is 54.1 Å². The number of hydrogen-bond donors (Lipinski definition) is 1. The molecule has 6 nitrogen and oxygen atoms in total. The van der Waals surface area contributed by atoms with Crippen LogP contribution in [0.25, 0.3) is 6.08 Å². The minimum Gasteiger partial charge on any atom is -0.488 e. The van der Waals surface area contributed by atoms with Crippen molar-refractivity contribution in [3.8, 4) is 23.3 Å². The summed E-state index contributed by atoms with van der Waals surface area (Å²) in [4.78, 5) is 12.8. The molecule has 1 aliphatic rings. The standard InChI is InChI=1S/C26H18BrF3N2O4/c27-20-4-6-22(36-15-16-2-1-3-19(10-16)26(28,29)30)17(12-20)11-18(14-31)25(33)32-21-5-7-23-24(13-21)35-9-8-34-23/h1-7,10-13H,8-9,15H2,(H,32,33)/b18-11+. The Morgan fingerprint density at radius 2 is 1.86 bits per heavy atom. The Morgan fingerprint density at radius 3 is 2.61 bits per heavy atom. The molecule has 0 aliphatic carbocycles. The predicted octanol–water partition coefficient (Wildman–Crippen LogP) is 6.36. The Hall–Kier alpha value is -3.97. The summed E-state index contributed by atoms with van der Waals surface area (Å²) in [6.45, 7) is 0.683. The van der Waals surface area contributed by atoms with E-state index in [-0.39, 0.29) is 17.9 Å². The van der Waals surface area contributed by atoms with E-state index in [9.17, 15) is 23.2 Å². The Morgan fingerprint density at radius 1 is 1.08 bits per heavy atom. The third-order valence-electron chi connectivity index (χ3n) is 5.09. The zero-order valence-electron chi connectivity index (χ0n) is 18.6. The van der Waals surface area contributed by atoms with Gasteiger partial charge in [-0.25, -0.2) is 0 Å². The number of hydrogen-bond acceptors (Lipinski definition) is 5. The zero-order chi connectivity index (χ0) is 25.7. The van der Waals surface area contributed by atoms with Crippen LogP contribution in [0, 0.1) is 11.3 Å². The van der Waals surface area contributed by atoms with Crippen molar-refractivity contribution in [2.75, 3.05) is 18.5 Å². The average molecular weight is 559 g/mol. The topological polar surface area (TPSA) is 80.6 Å². The molecule has 184 valence electrons. The van der Waals surface area contributed by atoms with Crippen LogP contribution in [0.3, 0.4) is 0 Å². The second-order valence-corrected chi connectivity index (χ2v) is 8.57. The van der Waals surface area contributed by atoms with Gasteiger partial charge in [0.2, 0.25) is 0 Å². The summed E-state index contributed by atoms with van der Waals surface area (Å²) >= 11 is 3.34. The van der Waals surface area contributed by atoms with Gasteiger partial charge < -0.3 is 19.5 Å². The fourth-order valence-corrected chi connectivity index (χ4v) is 3.76. The number of amides is 1. The number of benzene rings is 3. The molecule has 10 heteroatoms. The van der Waals surface area contributed by atoms with Gasteiger partial charge >= 0.3 is 6.18 Å². The molecule has 0 saturated heterocycles. The molecule has 0 spiro atoms. The van der Waals surface area contributed by atoms with Crippen LogP contribution in [0.2, 0.25) is 0 Å². The minimum absolute atomic E-state index is 0.141. The lowest BCUT2D eigenvalue weighted by atomic mass is 10.1. The molecule has 3 aromatic carbocycles. The number of nitriles is 1. The van der Waals surface area contributed by atoms with E-state index in [2.05, 4.69) is 21.2 Å². The maximum absolute atomic E-state index is 13.0. The Balaban J connectivity index is 1.53. The summed E-state index contributed by atoms with van der Waals surface area (Å²) in [5, 5.41) is 12.3. The highest BCUT2D eigenvalue weighted by Gasteiger charge is 2.30. The molecule has 1 amide bonds. The fraction of sp³-hybridized carbons (Fsp3) is 0.154. The van der Waals surface area contributed by atoms with Crippen LogP contribution in [-0.2, 0) is 17.6 Å². The summed E-state index contributed by atoms with van der Waals surface area (Å²) < 4.78 is 56.4. The highest BCUT2D eigenvalue weighted by atomic mass is 79.9. The predicted molar refractivity (Wildman–Crippen MR) is 130 cm³/mol. The van der Waals surface area contributed by atoms with Crippen molar-refractivity contribution in [2.24, 2.45) is 0 Å². The largest absolute Gasteiger partial charge is 0.488 e. The third kappa shape index (κ3) is 6.17. The van der Waals surface area contributed by atoms with E-state index < -0.39 is 17.6 Å². The van der Waals surface area contributed by atoms with E-state index in [0.29, 0.717) is 46.0 Å². The van der Waals surface area contributed by atoms with Gasteiger partial charge in [-0.2, -0.15) is 18.4 Å². The minimum atomic E-state index is -4.46. The number of nitrogens with one attached hydrogen (secondary N) is 1. The van der Waals surface area contributed by atoms with E-state index in [0.717, 1.165) is 12.1 Å². The molecule has 0 saturated carbocycles. The number of halogens is 4. The van der Waals surface area contributed by atoms with Crippen LogP contribution >= 0.6 is 15.9 Å². The van der Waals surface area contributed by atoms with Crippen LogP contribution in [0.4, 0.5) is 18.9 Å². The van der Waals surface area contributed by atoms with Crippen LogP contribution in [0.15, 0.2) is 70.7 Å². The smallest absolute Gasteiger partial charge is 0.416 e. The first-order valence-corrected chi connectivity index (χ1v) is 11.4. The second-order valence-electron chi connectivity index (χ2n) is 7.65. The molecule has 4 rings (SSSR count). The molecule has 1 aliphatic heterocycles. The molecular weight excluding hydrogens is 541 g/mol. The van der Waals surface area contributed by atoms with Crippen LogP contribution in [0.5, 0.6) is 17.2 Å². The highest BCUT2D eigenvalue weighted by Crippen LogP contribution is 2.33. The Kier molecular flexibility index (Phi) is 7.50. The van der Waals surface area contributed by atoms with Crippen LogP contribution in [-0.4, -0.2) is 19.1 Å². The average Bonchev–Trinajstić information content (AvgIpc) is 2.86. The molecule has 0 bridgehead atoms. The summed E-state index contributed by atoms with van der Waals surface area (Å²) in [5.41, 5.74) is 0.152. The van der Waals surface area contributed by atoms with Crippen molar-refractivity contribution >= 4 is 33.6 Å². The Labute approximate surface area is 213 Å². The number of rotatable bonds is 6. The van der Waals surface area contributed by atoms with Gasteiger partial charge in [0.1, 0.15) is 37.2 Å². The zero-order valence-corrected chi connectivity index (χ0v) is 20.2. The number of ether oxygens (including phenoxy) is 3. The molecule has 0 atom stereocenters. The number of carbonyl (C=O) groups is 1. The SMILES string of the molecule is N#C/C(=C\c1cc(Br)ccc1OCc1cccc(C(F)(F)F)c1)C(=O)Nc1ccc2c(c1)OCCO2. The van der Waals surface area contributed by atoms with Crippen molar-refractivity contribution in [1.29, 1.82) is 5.26 Å². The number of alkyl halides is 3. The van der Waals surface area contributed by atoms with Gasteiger partial charge in [-0.3, -0.25) is 4.79 Å². The number of carbonyl (C=O) groups excluding carboxylic acids is 1. The molecular formula is C26H18BrF3N2O4. The van der Waals surface area contributed by atoms with Crippen molar-refractivity contribution in [3.63, 3.8) is 0 Å². The summed E-state index contributed by atoms with van der Waals surface area (Å²) in [5.74, 6) is 0.680. The number of fused-ring (bicyclic) bond motifs is 1. The lowest BCUT2D eigenvalue weighted by molar-refractivity contribution is -0.137. The molecule has 1 heterocycles. The summed E-state index contributed by atoms with van der Waals surface area (Å²) in [6.07, 6.45) is -3.12. The van der Waals surface area contributed by atoms with Gasteiger partial charge in [0.05, 0.1) is 5.56 Å². The maximum Gasteiger partial charge on any atom is 0.416 e. The lowest BCUT2D eigenvalue weighted by Crippen LogP contribution is -2.17. The van der Waals surface area contributed by atoms with Gasteiger partial charge in [0.15, 0.2) is 11.5 Å². The molecule has 0 unspecified atom stereocenters. The van der Waals surface area contributed by atoms with E-state index in [1.165, 1.54) is 18.2 Å². The van der Waals surface area contributed by atoms with Crippen LogP contribution in [0.1, 0.15) is 16.7 Å². The summed E-state index contributed by atoms with van der Waals surface area (Å²) in [7, 11) is 0. The quantitative estimate of drug-likeness (QED) is 0.281. The third-order valence-corrected chi connectivity index (χ3v) is 5.58. The fourth-order valence-electron chi connectivity index (χ4n) is 3.39. The van der Waals surface area contributed by atoms with Crippen molar-refractivity contribution in [3.05, 3.63) is 87.4 Å². The van der Waals surface area contributed by atoms with Crippen molar-refractivity contribution < 1.29 is 32.2 Å². The first kappa shape index (κ1) is 25.1. The van der Waals surface area contributed by atoms with Crippen LogP contribution < -0.4 is 19.5 Å². The lowest BCUT2D eigenvalue weighted by Gasteiger charge is -2.19. The normalized spacial score (nSPS) is 13.0. The molecule has 3 aromatic rings. The number of nitrogens with zero attached hydrogens (tertiary/aromatic N) is 1. The molecule has 36 heavy (non-hydrogen) atoms.